The Morgan fingerprint density at radius 1 is 1.42 bits per heavy atom. The normalized spacial score (nSPS) is 18.9. The van der Waals surface area contributed by atoms with Gasteiger partial charge in [-0.1, -0.05) is 15.9 Å². The van der Waals surface area contributed by atoms with Gasteiger partial charge in [0, 0.05) is 23.2 Å². The molecule has 1 aromatic heterocycles. The van der Waals surface area contributed by atoms with Crippen LogP contribution in [0.1, 0.15) is 25.6 Å². The minimum absolute atomic E-state index is 0.0397. The minimum Gasteiger partial charge on any atom is -0.381 e. The van der Waals surface area contributed by atoms with Crippen LogP contribution in [0.15, 0.2) is 22.7 Å². The van der Waals surface area contributed by atoms with Crippen LogP contribution < -0.4 is 0 Å². The number of nitrogens with zero attached hydrogens (tertiary/aromatic N) is 2. The Morgan fingerprint density at radius 2 is 2.16 bits per heavy atom. The Morgan fingerprint density at radius 3 is 2.84 bits per heavy atom. The average molecular weight is 344 g/mol. The monoisotopic (exact) mass is 342 g/mol. The van der Waals surface area contributed by atoms with E-state index in [-0.39, 0.29) is 5.54 Å². The molecule has 3 rings (SSSR count). The fourth-order valence-electron chi connectivity index (χ4n) is 2.83. The number of hydrogen-bond acceptors (Lipinski definition) is 2. The van der Waals surface area contributed by atoms with Gasteiger partial charge in [-0.3, -0.25) is 0 Å². The molecular weight excluding hydrogens is 328 g/mol. The number of imidazole rings is 1. The molecule has 1 aromatic carbocycles. The van der Waals surface area contributed by atoms with E-state index < -0.39 is 0 Å². The molecule has 1 aliphatic heterocycles. The fraction of sp³-hybridized carbons (Fsp3) is 0.500. The van der Waals surface area contributed by atoms with E-state index in [0.717, 1.165) is 47.4 Å². The van der Waals surface area contributed by atoms with Crippen LogP contribution in [0.2, 0.25) is 0 Å². The van der Waals surface area contributed by atoms with Gasteiger partial charge in [-0.2, -0.15) is 0 Å². The summed E-state index contributed by atoms with van der Waals surface area (Å²) < 4.78 is 8.87. The van der Waals surface area contributed by atoms with E-state index in [1.807, 2.05) is 12.1 Å². The number of hydrogen-bond donors (Lipinski definition) is 0. The maximum atomic E-state index is 6.10. The Bertz CT molecular complexity index is 605. The maximum Gasteiger partial charge on any atom is 0.125 e. The van der Waals surface area contributed by atoms with Crippen molar-refractivity contribution in [2.45, 2.75) is 31.2 Å². The van der Waals surface area contributed by atoms with Gasteiger partial charge in [0.05, 0.1) is 16.9 Å². The molecule has 0 unspecified atom stereocenters. The lowest BCUT2D eigenvalue weighted by Crippen LogP contribution is -2.37. The summed E-state index contributed by atoms with van der Waals surface area (Å²) in [7, 11) is 0. The zero-order chi connectivity index (χ0) is 13.5. The number of ether oxygens (including phenoxy) is 1. The van der Waals surface area contributed by atoms with Crippen molar-refractivity contribution >= 4 is 38.6 Å². The molecule has 0 spiro atoms. The van der Waals surface area contributed by atoms with Crippen molar-refractivity contribution in [2.75, 3.05) is 13.2 Å². The molecule has 0 N–H and O–H groups in total. The second-order valence-electron chi connectivity index (χ2n) is 5.24. The molecule has 1 saturated heterocycles. The van der Waals surface area contributed by atoms with Crippen LogP contribution in [0.4, 0.5) is 0 Å². The third kappa shape index (κ3) is 2.30. The molecule has 1 aliphatic rings. The molecule has 1 fully saturated rings. The number of aromatic nitrogens is 2. The van der Waals surface area contributed by atoms with Crippen LogP contribution in [-0.2, 0) is 16.2 Å². The highest BCUT2D eigenvalue weighted by atomic mass is 79.9. The first-order valence-electron chi connectivity index (χ1n) is 6.45. The zero-order valence-electron chi connectivity index (χ0n) is 10.8. The van der Waals surface area contributed by atoms with Gasteiger partial charge >= 0.3 is 0 Å². The Hall–Kier alpha value is -0.580. The van der Waals surface area contributed by atoms with Gasteiger partial charge in [0.25, 0.3) is 0 Å². The van der Waals surface area contributed by atoms with Gasteiger partial charge < -0.3 is 9.30 Å². The van der Waals surface area contributed by atoms with E-state index >= 15 is 0 Å². The Balaban J connectivity index is 2.22. The standard InChI is InChI=1S/C14H16BrClN2O/c1-14(4-6-19-7-5-14)18-12-8-10(15)2-3-11(12)17-13(18)9-16/h2-3,8H,4-7,9H2,1H3. The summed E-state index contributed by atoms with van der Waals surface area (Å²) >= 11 is 9.64. The van der Waals surface area contributed by atoms with Crippen molar-refractivity contribution < 1.29 is 4.74 Å². The number of benzene rings is 1. The third-order valence-corrected chi connectivity index (χ3v) is 4.65. The van der Waals surface area contributed by atoms with Crippen molar-refractivity contribution in [1.29, 1.82) is 0 Å². The summed E-state index contributed by atoms with van der Waals surface area (Å²) in [4.78, 5) is 4.66. The molecule has 5 heteroatoms. The average Bonchev–Trinajstić information content (AvgIpc) is 2.78. The summed E-state index contributed by atoms with van der Waals surface area (Å²) in [5.74, 6) is 1.38. The van der Waals surface area contributed by atoms with Crippen molar-refractivity contribution in [2.24, 2.45) is 0 Å². The second kappa shape index (κ2) is 5.08. The second-order valence-corrected chi connectivity index (χ2v) is 6.42. The van der Waals surface area contributed by atoms with Gasteiger partial charge in [0.15, 0.2) is 0 Å². The largest absolute Gasteiger partial charge is 0.381 e. The fourth-order valence-corrected chi connectivity index (χ4v) is 3.35. The van der Waals surface area contributed by atoms with Gasteiger partial charge in [-0.25, -0.2) is 4.98 Å². The molecule has 0 radical (unpaired) electrons. The molecule has 0 saturated carbocycles. The lowest BCUT2D eigenvalue weighted by Gasteiger charge is -2.36. The summed E-state index contributed by atoms with van der Waals surface area (Å²) in [6.45, 7) is 3.87. The van der Waals surface area contributed by atoms with Gasteiger partial charge in [0.2, 0.25) is 0 Å². The molecule has 2 aromatic rings. The smallest absolute Gasteiger partial charge is 0.125 e. The Kier molecular flexibility index (Phi) is 3.58. The van der Waals surface area contributed by atoms with Gasteiger partial charge in [-0.05, 0) is 38.0 Å². The topological polar surface area (TPSA) is 27.1 Å². The van der Waals surface area contributed by atoms with Crippen molar-refractivity contribution in [3.63, 3.8) is 0 Å². The SMILES string of the molecule is CC1(n2c(CCl)nc3ccc(Br)cc32)CCOCC1. The molecule has 0 aliphatic carbocycles. The van der Waals surface area contributed by atoms with Crippen LogP contribution in [0.5, 0.6) is 0 Å². The minimum atomic E-state index is 0.0397. The molecule has 0 bridgehead atoms. The summed E-state index contributed by atoms with van der Waals surface area (Å²) in [6.07, 6.45) is 1.99. The van der Waals surface area contributed by atoms with Gasteiger partial charge in [0.1, 0.15) is 5.82 Å². The van der Waals surface area contributed by atoms with Crippen LogP contribution in [0, 0.1) is 0 Å². The lowest BCUT2D eigenvalue weighted by atomic mass is 9.91. The summed E-state index contributed by atoms with van der Waals surface area (Å²) in [5.41, 5.74) is 2.19. The van der Waals surface area contributed by atoms with Crippen LogP contribution in [0.3, 0.4) is 0 Å². The highest BCUT2D eigenvalue weighted by Crippen LogP contribution is 2.35. The van der Waals surface area contributed by atoms with E-state index in [1.165, 1.54) is 0 Å². The van der Waals surface area contributed by atoms with Gasteiger partial charge in [-0.15, -0.1) is 11.6 Å². The van der Waals surface area contributed by atoms with E-state index in [9.17, 15) is 0 Å². The van der Waals surface area contributed by atoms with Crippen LogP contribution >= 0.6 is 27.5 Å². The Labute approximate surface area is 126 Å². The van der Waals surface area contributed by atoms with Crippen LogP contribution in [0.25, 0.3) is 11.0 Å². The summed E-state index contributed by atoms with van der Waals surface area (Å²) in [6, 6.07) is 6.18. The quantitative estimate of drug-likeness (QED) is 0.769. The highest BCUT2D eigenvalue weighted by Gasteiger charge is 2.32. The van der Waals surface area contributed by atoms with Crippen molar-refractivity contribution in [1.82, 2.24) is 9.55 Å². The number of halogens is 2. The van der Waals surface area contributed by atoms with E-state index in [4.69, 9.17) is 16.3 Å². The van der Waals surface area contributed by atoms with E-state index in [2.05, 4.69) is 38.5 Å². The predicted octanol–water partition coefficient (Wildman–Crippen LogP) is 4.06. The van der Waals surface area contributed by atoms with E-state index in [1.54, 1.807) is 0 Å². The maximum absolute atomic E-state index is 6.10. The number of rotatable bonds is 2. The summed E-state index contributed by atoms with van der Waals surface area (Å²) in [5, 5.41) is 0. The molecule has 102 valence electrons. The first kappa shape index (κ1) is 13.4. The van der Waals surface area contributed by atoms with E-state index in [0.29, 0.717) is 5.88 Å². The molecule has 3 nitrogen and oxygen atoms in total. The third-order valence-electron chi connectivity index (χ3n) is 3.92. The molecular formula is C14H16BrClN2O. The van der Waals surface area contributed by atoms with Crippen molar-refractivity contribution in [3.8, 4) is 0 Å². The lowest BCUT2D eigenvalue weighted by molar-refractivity contribution is 0.0303. The number of fused-ring (bicyclic) bond motifs is 1. The first-order chi connectivity index (χ1) is 9.14. The molecule has 19 heavy (non-hydrogen) atoms. The highest BCUT2D eigenvalue weighted by molar-refractivity contribution is 9.10. The molecule has 2 heterocycles. The molecule has 0 amide bonds. The van der Waals surface area contributed by atoms with Crippen LogP contribution in [-0.4, -0.2) is 22.8 Å². The first-order valence-corrected chi connectivity index (χ1v) is 7.78. The zero-order valence-corrected chi connectivity index (χ0v) is 13.2. The van der Waals surface area contributed by atoms with Crippen molar-refractivity contribution in [3.05, 3.63) is 28.5 Å². The predicted molar refractivity (Wildman–Crippen MR) is 80.7 cm³/mol. The molecule has 0 atom stereocenters. The number of alkyl halides is 1.